The smallest absolute Gasteiger partial charge is 0.226 e. The lowest BCUT2D eigenvalue weighted by Crippen LogP contribution is -2.38. The summed E-state index contributed by atoms with van der Waals surface area (Å²) in [6.45, 7) is 7.01. The van der Waals surface area contributed by atoms with Gasteiger partial charge in [-0.2, -0.15) is 0 Å². The molecule has 3 unspecified atom stereocenters. The van der Waals surface area contributed by atoms with Gasteiger partial charge < -0.3 is 10.1 Å². The van der Waals surface area contributed by atoms with E-state index >= 15 is 0 Å². The normalized spacial score (nSPS) is 22.1. The second-order valence-corrected chi connectivity index (χ2v) is 8.01. The number of amides is 1. The van der Waals surface area contributed by atoms with E-state index in [1.807, 2.05) is 30.3 Å². The third-order valence-corrected chi connectivity index (χ3v) is 5.67. The van der Waals surface area contributed by atoms with Crippen LogP contribution in [0.2, 0.25) is 0 Å². The van der Waals surface area contributed by atoms with Crippen LogP contribution in [-0.4, -0.2) is 12.5 Å². The van der Waals surface area contributed by atoms with Crippen LogP contribution >= 0.6 is 11.3 Å². The molecule has 1 N–H and O–H groups in total. The van der Waals surface area contributed by atoms with Gasteiger partial charge in [0.25, 0.3) is 0 Å². The largest absolute Gasteiger partial charge is 0.373 e. The zero-order valence-electron chi connectivity index (χ0n) is 14.5. The minimum Gasteiger partial charge on any atom is -0.373 e. The van der Waals surface area contributed by atoms with Crippen molar-refractivity contribution in [3.63, 3.8) is 0 Å². The Bertz CT molecular complexity index is 695. The highest BCUT2D eigenvalue weighted by Gasteiger charge is 2.33. The number of rotatable bonds is 4. The fourth-order valence-electron chi connectivity index (χ4n) is 3.50. The first-order valence-electron chi connectivity index (χ1n) is 8.60. The predicted octanol–water partition coefficient (Wildman–Crippen LogP) is 4.71. The van der Waals surface area contributed by atoms with Gasteiger partial charge in [0.15, 0.2) is 0 Å². The van der Waals surface area contributed by atoms with Crippen LogP contribution in [0, 0.1) is 19.8 Å². The quantitative estimate of drug-likeness (QED) is 0.873. The van der Waals surface area contributed by atoms with Gasteiger partial charge in [-0.3, -0.25) is 4.79 Å². The summed E-state index contributed by atoms with van der Waals surface area (Å²) in [4.78, 5) is 15.5. The van der Waals surface area contributed by atoms with Gasteiger partial charge >= 0.3 is 0 Å². The highest BCUT2D eigenvalue weighted by Crippen LogP contribution is 2.34. The van der Waals surface area contributed by atoms with Crippen molar-refractivity contribution in [2.24, 2.45) is 5.92 Å². The molecule has 0 aliphatic carbocycles. The van der Waals surface area contributed by atoms with Crippen LogP contribution < -0.4 is 5.32 Å². The molecule has 1 amide bonds. The third kappa shape index (κ3) is 3.70. The Labute approximate surface area is 148 Å². The van der Waals surface area contributed by atoms with E-state index < -0.39 is 0 Å². The summed E-state index contributed by atoms with van der Waals surface area (Å²) in [5, 5.41) is 3.21. The van der Waals surface area contributed by atoms with Crippen molar-refractivity contribution in [1.82, 2.24) is 5.32 Å². The SMILES string of the molecule is Cc1cc(C(C)NC(=O)C2CCCOC2c2ccccc2)c(C)s1. The van der Waals surface area contributed by atoms with Crippen molar-refractivity contribution in [2.75, 3.05) is 6.61 Å². The van der Waals surface area contributed by atoms with E-state index in [-0.39, 0.29) is 24.0 Å². The summed E-state index contributed by atoms with van der Waals surface area (Å²) in [6, 6.07) is 12.3. The number of nitrogens with one attached hydrogen (secondary N) is 1. The highest BCUT2D eigenvalue weighted by molar-refractivity contribution is 7.12. The average molecular weight is 343 g/mol. The Morgan fingerprint density at radius 1 is 1.29 bits per heavy atom. The summed E-state index contributed by atoms with van der Waals surface area (Å²) < 4.78 is 5.95. The van der Waals surface area contributed by atoms with Crippen LogP contribution in [0.1, 0.15) is 52.8 Å². The second-order valence-electron chi connectivity index (χ2n) is 6.55. The van der Waals surface area contributed by atoms with E-state index in [1.54, 1.807) is 11.3 Å². The summed E-state index contributed by atoms with van der Waals surface area (Å²) >= 11 is 1.78. The van der Waals surface area contributed by atoms with E-state index in [0.717, 1.165) is 25.0 Å². The van der Waals surface area contributed by atoms with E-state index in [9.17, 15) is 4.79 Å². The van der Waals surface area contributed by atoms with Crippen LogP contribution in [0.5, 0.6) is 0 Å². The minimum atomic E-state index is -0.141. The van der Waals surface area contributed by atoms with Crippen LogP contribution in [-0.2, 0) is 9.53 Å². The number of carbonyl (C=O) groups is 1. The van der Waals surface area contributed by atoms with Gasteiger partial charge in [-0.25, -0.2) is 0 Å². The number of carbonyl (C=O) groups excluding carboxylic acids is 1. The first kappa shape index (κ1) is 17.2. The van der Waals surface area contributed by atoms with E-state index in [0.29, 0.717) is 0 Å². The number of benzene rings is 1. The molecule has 1 aromatic heterocycles. The monoisotopic (exact) mass is 343 g/mol. The fourth-order valence-corrected chi connectivity index (χ4v) is 4.52. The molecule has 2 aromatic rings. The topological polar surface area (TPSA) is 38.3 Å². The molecule has 128 valence electrons. The molecule has 1 aliphatic rings. The van der Waals surface area contributed by atoms with E-state index in [4.69, 9.17) is 4.74 Å². The van der Waals surface area contributed by atoms with E-state index in [2.05, 4.69) is 32.2 Å². The molecule has 3 rings (SSSR count). The van der Waals surface area contributed by atoms with Gasteiger partial charge in [0.1, 0.15) is 0 Å². The third-order valence-electron chi connectivity index (χ3n) is 4.69. The summed E-state index contributed by atoms with van der Waals surface area (Å²) in [5.74, 6) is -0.0251. The Balaban J connectivity index is 1.73. The molecule has 2 heterocycles. The molecule has 0 saturated carbocycles. The van der Waals surface area contributed by atoms with Crippen LogP contribution in [0.25, 0.3) is 0 Å². The molecule has 0 bridgehead atoms. The van der Waals surface area contributed by atoms with Crippen molar-refractivity contribution in [3.8, 4) is 0 Å². The molecule has 0 spiro atoms. The number of thiophene rings is 1. The minimum absolute atomic E-state index is 0.0285. The van der Waals surface area contributed by atoms with Gasteiger partial charge in [0.2, 0.25) is 5.91 Å². The van der Waals surface area contributed by atoms with Crippen molar-refractivity contribution >= 4 is 17.2 Å². The number of ether oxygens (including phenoxy) is 1. The highest BCUT2D eigenvalue weighted by atomic mass is 32.1. The predicted molar refractivity (Wildman–Crippen MR) is 98.2 cm³/mol. The Morgan fingerprint density at radius 2 is 2.04 bits per heavy atom. The Kier molecular flexibility index (Phi) is 5.36. The van der Waals surface area contributed by atoms with Crippen molar-refractivity contribution in [3.05, 3.63) is 57.3 Å². The Hall–Kier alpha value is -1.65. The molecule has 24 heavy (non-hydrogen) atoms. The maximum atomic E-state index is 12.9. The van der Waals surface area contributed by atoms with Crippen molar-refractivity contribution in [1.29, 1.82) is 0 Å². The summed E-state index contributed by atoms with van der Waals surface area (Å²) in [6.07, 6.45) is 1.67. The first-order chi connectivity index (χ1) is 11.6. The van der Waals surface area contributed by atoms with Gasteiger partial charge in [-0.1, -0.05) is 30.3 Å². The number of hydrogen-bond donors (Lipinski definition) is 1. The maximum Gasteiger partial charge on any atom is 0.226 e. The van der Waals surface area contributed by atoms with E-state index in [1.165, 1.54) is 15.3 Å². The summed E-state index contributed by atoms with van der Waals surface area (Å²) in [5.41, 5.74) is 2.31. The van der Waals surface area contributed by atoms with Crippen LogP contribution in [0.15, 0.2) is 36.4 Å². The maximum absolute atomic E-state index is 12.9. The molecule has 4 heteroatoms. The van der Waals surface area contributed by atoms with Gasteiger partial charge in [0, 0.05) is 16.4 Å². The second kappa shape index (κ2) is 7.49. The van der Waals surface area contributed by atoms with Crippen molar-refractivity contribution in [2.45, 2.75) is 45.8 Å². The van der Waals surface area contributed by atoms with Crippen molar-refractivity contribution < 1.29 is 9.53 Å². The number of hydrogen-bond acceptors (Lipinski definition) is 3. The van der Waals surface area contributed by atoms with Crippen LogP contribution in [0.4, 0.5) is 0 Å². The lowest BCUT2D eigenvalue weighted by atomic mass is 9.88. The van der Waals surface area contributed by atoms with Gasteiger partial charge in [0.05, 0.1) is 18.1 Å². The molecule has 3 atom stereocenters. The lowest BCUT2D eigenvalue weighted by molar-refractivity contribution is -0.135. The first-order valence-corrected chi connectivity index (χ1v) is 9.41. The molecule has 3 nitrogen and oxygen atoms in total. The molecular formula is C20H25NO2S. The molecule has 1 aliphatic heterocycles. The standard InChI is InChI=1S/C20H25NO2S/c1-13-12-18(15(3)24-13)14(2)21-20(22)17-10-7-11-23-19(17)16-8-5-4-6-9-16/h4-6,8-9,12,14,17,19H,7,10-11H2,1-3H3,(H,21,22). The molecular weight excluding hydrogens is 318 g/mol. The zero-order chi connectivity index (χ0) is 17.1. The van der Waals surface area contributed by atoms with Crippen LogP contribution in [0.3, 0.4) is 0 Å². The molecule has 0 radical (unpaired) electrons. The van der Waals surface area contributed by atoms with Gasteiger partial charge in [-0.15, -0.1) is 11.3 Å². The average Bonchev–Trinajstić information content (AvgIpc) is 2.94. The zero-order valence-corrected chi connectivity index (χ0v) is 15.4. The molecule has 1 saturated heterocycles. The number of aryl methyl sites for hydroxylation is 2. The molecule has 1 fully saturated rings. The molecule has 1 aromatic carbocycles. The Morgan fingerprint density at radius 3 is 2.71 bits per heavy atom. The lowest BCUT2D eigenvalue weighted by Gasteiger charge is -2.32. The van der Waals surface area contributed by atoms with Gasteiger partial charge in [-0.05, 0) is 50.8 Å². The summed E-state index contributed by atoms with van der Waals surface area (Å²) in [7, 11) is 0. The fraction of sp³-hybridized carbons (Fsp3) is 0.450.